The third-order valence-electron chi connectivity index (χ3n) is 3.74. The molecule has 1 aliphatic heterocycles. The average Bonchev–Trinajstić information content (AvgIpc) is 3.03. The van der Waals surface area contributed by atoms with Gasteiger partial charge in [0.1, 0.15) is 0 Å². The van der Waals surface area contributed by atoms with Gasteiger partial charge in [-0.15, -0.1) is 0 Å². The van der Waals surface area contributed by atoms with Gasteiger partial charge in [-0.3, -0.25) is 0 Å². The van der Waals surface area contributed by atoms with Crippen molar-refractivity contribution in [3.05, 3.63) is 59.7 Å². The monoisotopic (exact) mass is 312 g/mol. The van der Waals surface area contributed by atoms with E-state index >= 15 is 0 Å². The number of amides is 2. The fourth-order valence-corrected chi connectivity index (χ4v) is 2.48. The van der Waals surface area contributed by atoms with Crippen LogP contribution < -0.4 is 14.8 Å². The van der Waals surface area contributed by atoms with Crippen molar-refractivity contribution in [2.75, 3.05) is 20.4 Å². The van der Waals surface area contributed by atoms with Gasteiger partial charge in [0, 0.05) is 20.1 Å². The van der Waals surface area contributed by atoms with Crippen LogP contribution in [0.25, 0.3) is 0 Å². The van der Waals surface area contributed by atoms with Crippen LogP contribution in [0.2, 0.25) is 0 Å². The highest BCUT2D eigenvalue weighted by atomic mass is 16.7. The molecular formula is C18H20N2O3. The summed E-state index contributed by atoms with van der Waals surface area (Å²) in [6.45, 7) is 1.40. The summed E-state index contributed by atoms with van der Waals surface area (Å²) in [5.74, 6) is 1.49. The standard InChI is InChI=1S/C18H20N2O3/c1-20(12-15-7-8-16-17(11-15)23-13-22-16)18(21)19-10-9-14-5-3-2-4-6-14/h2-8,11H,9-10,12-13H2,1H3,(H,19,21). The van der Waals surface area contributed by atoms with Crippen molar-refractivity contribution in [3.63, 3.8) is 0 Å². The minimum Gasteiger partial charge on any atom is -0.454 e. The summed E-state index contributed by atoms with van der Waals surface area (Å²) in [4.78, 5) is 13.8. The largest absolute Gasteiger partial charge is 0.454 e. The molecule has 5 heteroatoms. The third-order valence-corrected chi connectivity index (χ3v) is 3.74. The van der Waals surface area contributed by atoms with E-state index in [1.54, 1.807) is 11.9 Å². The minimum absolute atomic E-state index is 0.0846. The summed E-state index contributed by atoms with van der Waals surface area (Å²) in [5, 5.41) is 2.93. The van der Waals surface area contributed by atoms with Crippen molar-refractivity contribution >= 4 is 6.03 Å². The predicted octanol–water partition coefficient (Wildman–Crippen LogP) is 2.80. The first-order valence-corrected chi connectivity index (χ1v) is 7.64. The van der Waals surface area contributed by atoms with Gasteiger partial charge in [0.2, 0.25) is 6.79 Å². The molecule has 3 rings (SSSR count). The van der Waals surface area contributed by atoms with Crippen LogP contribution in [-0.4, -0.2) is 31.3 Å². The number of benzene rings is 2. The van der Waals surface area contributed by atoms with E-state index in [1.165, 1.54) is 5.56 Å². The number of hydrogen-bond donors (Lipinski definition) is 1. The zero-order chi connectivity index (χ0) is 16.1. The number of nitrogens with zero attached hydrogens (tertiary/aromatic N) is 1. The molecule has 5 nitrogen and oxygen atoms in total. The summed E-state index contributed by atoms with van der Waals surface area (Å²) < 4.78 is 10.6. The lowest BCUT2D eigenvalue weighted by Crippen LogP contribution is -2.37. The second kappa shape index (κ2) is 7.05. The van der Waals surface area contributed by atoms with Gasteiger partial charge in [-0.2, -0.15) is 0 Å². The molecule has 0 saturated heterocycles. The Morgan fingerprint density at radius 1 is 1.09 bits per heavy atom. The van der Waals surface area contributed by atoms with E-state index in [0.717, 1.165) is 23.5 Å². The molecule has 0 atom stereocenters. The second-order valence-electron chi connectivity index (χ2n) is 5.51. The average molecular weight is 312 g/mol. The van der Waals surface area contributed by atoms with Crippen LogP contribution in [0.4, 0.5) is 4.79 Å². The molecule has 0 spiro atoms. The predicted molar refractivity (Wildman–Crippen MR) is 87.6 cm³/mol. The van der Waals surface area contributed by atoms with Crippen LogP contribution in [0.15, 0.2) is 48.5 Å². The Labute approximate surface area is 135 Å². The molecule has 0 aliphatic carbocycles. The number of carbonyl (C=O) groups excluding carboxylic acids is 1. The summed E-state index contributed by atoms with van der Waals surface area (Å²) in [7, 11) is 1.78. The molecule has 1 N–H and O–H groups in total. The number of nitrogens with one attached hydrogen (secondary N) is 1. The van der Waals surface area contributed by atoms with Crippen molar-refractivity contribution < 1.29 is 14.3 Å². The lowest BCUT2D eigenvalue weighted by atomic mass is 10.1. The highest BCUT2D eigenvalue weighted by Crippen LogP contribution is 2.32. The lowest BCUT2D eigenvalue weighted by Gasteiger charge is -2.18. The first-order chi connectivity index (χ1) is 11.2. The van der Waals surface area contributed by atoms with Crippen molar-refractivity contribution in [1.29, 1.82) is 0 Å². The van der Waals surface area contributed by atoms with Gasteiger partial charge in [0.25, 0.3) is 0 Å². The summed E-state index contributed by atoms with van der Waals surface area (Å²) in [6.07, 6.45) is 0.824. The smallest absolute Gasteiger partial charge is 0.317 e. The SMILES string of the molecule is CN(Cc1ccc2c(c1)OCO2)C(=O)NCCc1ccccc1. The molecule has 0 saturated carbocycles. The van der Waals surface area contributed by atoms with Crippen LogP contribution in [0.3, 0.4) is 0 Å². The quantitative estimate of drug-likeness (QED) is 0.923. The Kier molecular flexibility index (Phi) is 4.66. The van der Waals surface area contributed by atoms with Gasteiger partial charge in [-0.05, 0) is 29.7 Å². The summed E-state index contributed by atoms with van der Waals surface area (Å²) in [6, 6.07) is 15.8. The maximum atomic E-state index is 12.1. The van der Waals surface area contributed by atoms with Crippen LogP contribution in [0.1, 0.15) is 11.1 Å². The zero-order valence-electron chi connectivity index (χ0n) is 13.1. The van der Waals surface area contributed by atoms with E-state index in [2.05, 4.69) is 17.4 Å². The highest BCUT2D eigenvalue weighted by molar-refractivity contribution is 5.73. The summed E-state index contributed by atoms with van der Waals surface area (Å²) in [5.41, 5.74) is 2.22. The first-order valence-electron chi connectivity index (χ1n) is 7.64. The number of carbonyl (C=O) groups is 1. The number of rotatable bonds is 5. The Balaban J connectivity index is 1.47. The van der Waals surface area contributed by atoms with Crippen LogP contribution in [-0.2, 0) is 13.0 Å². The third kappa shape index (κ3) is 3.94. The van der Waals surface area contributed by atoms with E-state index in [1.807, 2.05) is 36.4 Å². The van der Waals surface area contributed by atoms with Crippen molar-refractivity contribution in [3.8, 4) is 11.5 Å². The summed E-state index contributed by atoms with van der Waals surface area (Å²) >= 11 is 0. The molecule has 0 aromatic heterocycles. The van der Waals surface area contributed by atoms with E-state index in [-0.39, 0.29) is 12.8 Å². The number of ether oxygens (including phenoxy) is 2. The molecular weight excluding hydrogens is 292 g/mol. The topological polar surface area (TPSA) is 50.8 Å². The van der Waals surface area contributed by atoms with Crippen molar-refractivity contribution in [2.24, 2.45) is 0 Å². The molecule has 2 aromatic carbocycles. The van der Waals surface area contributed by atoms with E-state index < -0.39 is 0 Å². The molecule has 1 aliphatic rings. The number of urea groups is 1. The Bertz CT molecular complexity index is 673. The van der Waals surface area contributed by atoms with Crippen LogP contribution in [0, 0.1) is 0 Å². The molecule has 0 unspecified atom stereocenters. The zero-order valence-corrected chi connectivity index (χ0v) is 13.1. The van der Waals surface area contributed by atoms with E-state index in [9.17, 15) is 4.79 Å². The molecule has 0 fully saturated rings. The van der Waals surface area contributed by atoms with Gasteiger partial charge in [-0.25, -0.2) is 4.79 Å². The first kappa shape index (κ1) is 15.2. The minimum atomic E-state index is -0.0846. The molecule has 1 heterocycles. The molecule has 2 aromatic rings. The highest BCUT2D eigenvalue weighted by Gasteiger charge is 2.15. The number of hydrogen-bond acceptors (Lipinski definition) is 3. The Hall–Kier alpha value is -2.69. The Morgan fingerprint density at radius 3 is 2.70 bits per heavy atom. The molecule has 120 valence electrons. The fourth-order valence-electron chi connectivity index (χ4n) is 2.48. The molecule has 0 radical (unpaired) electrons. The van der Waals surface area contributed by atoms with Gasteiger partial charge in [0.05, 0.1) is 0 Å². The molecule has 0 bridgehead atoms. The van der Waals surface area contributed by atoms with Gasteiger partial charge in [-0.1, -0.05) is 36.4 Å². The van der Waals surface area contributed by atoms with E-state index in [0.29, 0.717) is 13.1 Å². The van der Waals surface area contributed by atoms with Crippen LogP contribution >= 0.6 is 0 Å². The molecule has 2 amide bonds. The number of fused-ring (bicyclic) bond motifs is 1. The Morgan fingerprint density at radius 2 is 1.87 bits per heavy atom. The maximum absolute atomic E-state index is 12.1. The van der Waals surface area contributed by atoms with Gasteiger partial charge in [0.15, 0.2) is 11.5 Å². The molecule has 23 heavy (non-hydrogen) atoms. The lowest BCUT2D eigenvalue weighted by molar-refractivity contribution is 0.174. The normalized spacial score (nSPS) is 12.0. The van der Waals surface area contributed by atoms with Crippen LogP contribution in [0.5, 0.6) is 11.5 Å². The second-order valence-corrected chi connectivity index (χ2v) is 5.51. The van der Waals surface area contributed by atoms with Gasteiger partial charge < -0.3 is 19.7 Å². The van der Waals surface area contributed by atoms with Crippen molar-refractivity contribution in [2.45, 2.75) is 13.0 Å². The van der Waals surface area contributed by atoms with E-state index in [4.69, 9.17) is 9.47 Å². The van der Waals surface area contributed by atoms with Crippen molar-refractivity contribution in [1.82, 2.24) is 10.2 Å². The van der Waals surface area contributed by atoms with Gasteiger partial charge >= 0.3 is 6.03 Å². The fraction of sp³-hybridized carbons (Fsp3) is 0.278. The maximum Gasteiger partial charge on any atom is 0.317 e.